The van der Waals surface area contributed by atoms with E-state index in [2.05, 4.69) is 15.5 Å². The van der Waals surface area contributed by atoms with Gasteiger partial charge in [-0.3, -0.25) is 19.5 Å². The summed E-state index contributed by atoms with van der Waals surface area (Å²) in [4.78, 5) is 23.3. The van der Waals surface area contributed by atoms with Crippen molar-refractivity contribution in [3.63, 3.8) is 0 Å². The first-order valence-corrected chi connectivity index (χ1v) is 12.3. The van der Waals surface area contributed by atoms with Crippen molar-refractivity contribution < 1.29 is 14.5 Å². The second kappa shape index (κ2) is 11.2. The van der Waals surface area contributed by atoms with Gasteiger partial charge in [0.2, 0.25) is 5.91 Å². The molecule has 1 amide bonds. The number of nitro benzene ring substituents is 1. The largest absolute Gasteiger partial charge is 0.481 e. The lowest BCUT2D eigenvalue weighted by Gasteiger charge is -2.17. The number of nitrogens with one attached hydrogen (secondary N) is 1. The summed E-state index contributed by atoms with van der Waals surface area (Å²) >= 11 is 7.44. The maximum Gasteiger partial charge on any atom is 0.274 e. The number of aromatic nitrogens is 3. The lowest BCUT2D eigenvalue weighted by Crippen LogP contribution is -2.15. The number of amides is 1. The van der Waals surface area contributed by atoms with Gasteiger partial charge >= 0.3 is 0 Å². The number of benzene rings is 3. The predicted molar refractivity (Wildman–Crippen MR) is 139 cm³/mol. The van der Waals surface area contributed by atoms with Gasteiger partial charge in [-0.2, -0.15) is 0 Å². The van der Waals surface area contributed by atoms with Gasteiger partial charge in [-0.25, -0.2) is 0 Å². The van der Waals surface area contributed by atoms with Crippen molar-refractivity contribution in [2.24, 2.45) is 0 Å². The molecule has 4 rings (SSSR count). The van der Waals surface area contributed by atoms with Crippen LogP contribution in [-0.2, 0) is 4.79 Å². The van der Waals surface area contributed by atoms with Gasteiger partial charge in [-0.05, 0) is 44.2 Å². The lowest BCUT2D eigenvalue weighted by molar-refractivity contribution is -0.385. The minimum atomic E-state index is -0.492. The standard InChI is InChI=1S/C25H22ClN5O4S/c1-16-12-13-18(14-21(16)31(33)34)27-23(32)15-36-25-29-28-24(30(25)19-8-4-3-5-9-19)17(2)35-22-11-7-6-10-20(22)26/h3-14,17H,15H2,1-2H3,(H,27,32). The summed E-state index contributed by atoms with van der Waals surface area (Å²) in [5.74, 6) is 0.753. The number of hydrogen-bond donors (Lipinski definition) is 1. The Labute approximate surface area is 216 Å². The van der Waals surface area contributed by atoms with Crippen LogP contribution in [0.5, 0.6) is 5.75 Å². The van der Waals surface area contributed by atoms with Gasteiger partial charge in [-0.1, -0.05) is 59.8 Å². The predicted octanol–water partition coefficient (Wildman–Crippen LogP) is 6.01. The van der Waals surface area contributed by atoms with Crippen molar-refractivity contribution in [1.29, 1.82) is 0 Å². The monoisotopic (exact) mass is 523 g/mol. The van der Waals surface area contributed by atoms with E-state index in [0.717, 1.165) is 5.69 Å². The molecule has 0 fully saturated rings. The molecule has 3 aromatic carbocycles. The third-order valence-electron chi connectivity index (χ3n) is 5.20. The Kier molecular flexibility index (Phi) is 7.87. The number of nitro groups is 1. The fraction of sp³-hybridized carbons (Fsp3) is 0.160. The summed E-state index contributed by atoms with van der Waals surface area (Å²) in [5.41, 5.74) is 1.62. The second-order valence-corrected chi connectivity index (χ2v) is 9.15. The molecule has 36 heavy (non-hydrogen) atoms. The summed E-state index contributed by atoms with van der Waals surface area (Å²) in [6, 6.07) is 21.2. The third kappa shape index (κ3) is 5.84. The van der Waals surface area contributed by atoms with E-state index in [4.69, 9.17) is 16.3 Å². The number of hydrogen-bond acceptors (Lipinski definition) is 7. The van der Waals surface area contributed by atoms with Gasteiger partial charge in [0.15, 0.2) is 17.1 Å². The Hall–Kier alpha value is -3.89. The van der Waals surface area contributed by atoms with E-state index in [-0.39, 0.29) is 17.3 Å². The van der Waals surface area contributed by atoms with Crippen LogP contribution < -0.4 is 10.1 Å². The summed E-state index contributed by atoms with van der Waals surface area (Å²) < 4.78 is 7.88. The maximum atomic E-state index is 12.6. The number of anilines is 1. The molecule has 11 heteroatoms. The number of rotatable bonds is 9. The van der Waals surface area contributed by atoms with Crippen LogP contribution in [0.2, 0.25) is 5.02 Å². The van der Waals surface area contributed by atoms with Crippen LogP contribution in [0.25, 0.3) is 5.69 Å². The van der Waals surface area contributed by atoms with Crippen LogP contribution >= 0.6 is 23.4 Å². The quantitative estimate of drug-likeness (QED) is 0.162. The van der Waals surface area contributed by atoms with Crippen LogP contribution in [-0.4, -0.2) is 31.3 Å². The van der Waals surface area contributed by atoms with Crippen molar-refractivity contribution in [2.75, 3.05) is 11.1 Å². The minimum absolute atomic E-state index is 0.0202. The average molecular weight is 524 g/mol. The Balaban J connectivity index is 1.53. The Bertz CT molecular complexity index is 1400. The Morgan fingerprint density at radius 2 is 1.86 bits per heavy atom. The highest BCUT2D eigenvalue weighted by molar-refractivity contribution is 7.99. The molecule has 1 aromatic heterocycles. The fourth-order valence-corrected chi connectivity index (χ4v) is 4.39. The van der Waals surface area contributed by atoms with Gasteiger partial charge in [0.25, 0.3) is 5.69 Å². The van der Waals surface area contributed by atoms with E-state index in [1.807, 2.05) is 54.0 Å². The van der Waals surface area contributed by atoms with Crippen LogP contribution in [0.15, 0.2) is 78.0 Å². The van der Waals surface area contributed by atoms with Crippen LogP contribution in [0.4, 0.5) is 11.4 Å². The van der Waals surface area contributed by atoms with E-state index < -0.39 is 11.0 Å². The zero-order chi connectivity index (χ0) is 25.7. The molecule has 9 nitrogen and oxygen atoms in total. The summed E-state index contributed by atoms with van der Waals surface area (Å²) in [7, 11) is 0. The third-order valence-corrected chi connectivity index (χ3v) is 6.44. The van der Waals surface area contributed by atoms with Crippen LogP contribution in [0, 0.1) is 17.0 Å². The zero-order valence-corrected chi connectivity index (χ0v) is 21.0. The van der Waals surface area contributed by atoms with E-state index in [1.165, 1.54) is 17.8 Å². The molecule has 4 aromatic rings. The summed E-state index contributed by atoms with van der Waals surface area (Å²) in [6.07, 6.45) is -0.492. The minimum Gasteiger partial charge on any atom is -0.481 e. The van der Waals surface area contributed by atoms with Crippen molar-refractivity contribution >= 4 is 40.6 Å². The van der Waals surface area contributed by atoms with Gasteiger partial charge in [-0.15, -0.1) is 10.2 Å². The number of ether oxygens (including phenoxy) is 1. The van der Waals surface area contributed by atoms with Gasteiger partial charge in [0.05, 0.1) is 15.7 Å². The highest BCUT2D eigenvalue weighted by Crippen LogP contribution is 2.31. The van der Waals surface area contributed by atoms with Crippen molar-refractivity contribution in [2.45, 2.75) is 25.1 Å². The maximum absolute atomic E-state index is 12.6. The highest BCUT2D eigenvalue weighted by Gasteiger charge is 2.22. The number of thioether (sulfide) groups is 1. The molecule has 1 atom stereocenters. The molecule has 0 radical (unpaired) electrons. The molecule has 0 bridgehead atoms. The molecule has 1 unspecified atom stereocenters. The molecule has 0 saturated carbocycles. The SMILES string of the molecule is Cc1ccc(NC(=O)CSc2nnc(C(C)Oc3ccccc3Cl)n2-c2ccccc2)cc1[N+](=O)[O-]. The van der Waals surface area contributed by atoms with E-state index in [0.29, 0.717) is 33.0 Å². The van der Waals surface area contributed by atoms with E-state index in [9.17, 15) is 14.9 Å². The Morgan fingerprint density at radius 3 is 2.58 bits per heavy atom. The fourth-order valence-electron chi connectivity index (χ4n) is 3.45. The normalized spacial score (nSPS) is 11.6. The van der Waals surface area contributed by atoms with Crippen molar-refractivity contribution in [1.82, 2.24) is 14.8 Å². The molecule has 184 valence electrons. The number of para-hydroxylation sites is 2. The molecule has 0 aliphatic carbocycles. The lowest BCUT2D eigenvalue weighted by atomic mass is 10.2. The van der Waals surface area contributed by atoms with Crippen molar-refractivity contribution in [3.05, 3.63) is 99.3 Å². The molecule has 0 aliphatic rings. The molecule has 1 heterocycles. The van der Waals surface area contributed by atoms with Crippen LogP contribution in [0.3, 0.4) is 0 Å². The Morgan fingerprint density at radius 1 is 1.14 bits per heavy atom. The molecule has 1 N–H and O–H groups in total. The van der Waals surface area contributed by atoms with E-state index in [1.54, 1.807) is 31.2 Å². The number of carbonyl (C=O) groups is 1. The van der Waals surface area contributed by atoms with Crippen LogP contribution in [0.1, 0.15) is 24.4 Å². The summed E-state index contributed by atoms with van der Waals surface area (Å²) in [6.45, 7) is 3.49. The number of carbonyl (C=O) groups excluding carboxylic acids is 1. The number of aryl methyl sites for hydroxylation is 1. The molecular formula is C25H22ClN5O4S. The highest BCUT2D eigenvalue weighted by atomic mass is 35.5. The zero-order valence-electron chi connectivity index (χ0n) is 19.4. The second-order valence-electron chi connectivity index (χ2n) is 7.80. The number of nitrogens with zero attached hydrogens (tertiary/aromatic N) is 4. The molecule has 0 aliphatic heterocycles. The topological polar surface area (TPSA) is 112 Å². The first-order chi connectivity index (χ1) is 17.3. The smallest absolute Gasteiger partial charge is 0.274 e. The van der Waals surface area contributed by atoms with Gasteiger partial charge in [0, 0.05) is 23.0 Å². The van der Waals surface area contributed by atoms with Gasteiger partial charge < -0.3 is 10.1 Å². The average Bonchev–Trinajstić information content (AvgIpc) is 3.30. The van der Waals surface area contributed by atoms with Gasteiger partial charge in [0.1, 0.15) is 5.75 Å². The summed E-state index contributed by atoms with van der Waals surface area (Å²) in [5, 5.41) is 23.5. The molecular weight excluding hydrogens is 502 g/mol. The molecule has 0 saturated heterocycles. The first-order valence-electron chi connectivity index (χ1n) is 10.9. The number of halogens is 1. The first kappa shape index (κ1) is 25.2. The van der Waals surface area contributed by atoms with Crippen molar-refractivity contribution in [3.8, 4) is 11.4 Å². The van der Waals surface area contributed by atoms with E-state index >= 15 is 0 Å². The molecule has 0 spiro atoms.